The maximum absolute atomic E-state index is 12.2. The highest BCUT2D eigenvalue weighted by molar-refractivity contribution is 6.30. The lowest BCUT2D eigenvalue weighted by Gasteiger charge is -2.10. The molecule has 27 heavy (non-hydrogen) atoms. The molecule has 5 nitrogen and oxygen atoms in total. The molecule has 0 fully saturated rings. The first-order valence-electron chi connectivity index (χ1n) is 8.25. The van der Waals surface area contributed by atoms with Gasteiger partial charge in [-0.15, -0.1) is 0 Å². The Kier molecular flexibility index (Phi) is 6.07. The Morgan fingerprint density at radius 3 is 2.26 bits per heavy atom. The Morgan fingerprint density at radius 1 is 0.815 bits per heavy atom. The first-order chi connectivity index (χ1) is 13.1. The molecule has 3 aromatic rings. The largest absolute Gasteiger partial charge is 0.484 e. The van der Waals surface area contributed by atoms with Crippen LogP contribution < -0.4 is 15.4 Å². The van der Waals surface area contributed by atoms with Crippen LogP contribution in [0.15, 0.2) is 78.9 Å². The van der Waals surface area contributed by atoms with Gasteiger partial charge < -0.3 is 15.4 Å². The number of benzene rings is 3. The zero-order valence-electron chi connectivity index (χ0n) is 14.3. The van der Waals surface area contributed by atoms with Crippen LogP contribution in [-0.4, -0.2) is 18.4 Å². The van der Waals surface area contributed by atoms with Crippen molar-refractivity contribution in [2.75, 3.05) is 17.2 Å². The number of nitrogens with one attached hydrogen (secondary N) is 2. The third kappa shape index (κ3) is 5.59. The van der Waals surface area contributed by atoms with E-state index in [4.69, 9.17) is 16.3 Å². The Hall–Kier alpha value is -3.31. The van der Waals surface area contributed by atoms with Crippen LogP contribution in [0.3, 0.4) is 0 Å². The summed E-state index contributed by atoms with van der Waals surface area (Å²) in [6.07, 6.45) is 0. The maximum atomic E-state index is 12.2. The van der Waals surface area contributed by atoms with E-state index >= 15 is 0 Å². The van der Waals surface area contributed by atoms with Gasteiger partial charge in [-0.2, -0.15) is 0 Å². The van der Waals surface area contributed by atoms with E-state index in [-0.39, 0.29) is 18.4 Å². The summed E-state index contributed by atoms with van der Waals surface area (Å²) >= 11 is 5.89. The maximum Gasteiger partial charge on any atom is 0.262 e. The zero-order chi connectivity index (χ0) is 19.1. The molecule has 0 saturated carbocycles. The third-order valence-electron chi connectivity index (χ3n) is 3.61. The Labute approximate surface area is 161 Å². The van der Waals surface area contributed by atoms with Crippen molar-refractivity contribution >= 4 is 34.8 Å². The van der Waals surface area contributed by atoms with Crippen molar-refractivity contribution < 1.29 is 14.3 Å². The molecule has 0 spiro atoms. The number of rotatable bonds is 6. The average molecular weight is 381 g/mol. The van der Waals surface area contributed by atoms with E-state index in [9.17, 15) is 9.59 Å². The summed E-state index contributed by atoms with van der Waals surface area (Å²) in [5.74, 6) is -0.0513. The molecule has 3 aromatic carbocycles. The molecule has 0 atom stereocenters. The van der Waals surface area contributed by atoms with Crippen LogP contribution in [0.1, 0.15) is 10.4 Å². The minimum atomic E-state index is -0.309. The van der Waals surface area contributed by atoms with Crippen LogP contribution in [0.2, 0.25) is 5.02 Å². The number of carbonyl (C=O) groups is 2. The van der Waals surface area contributed by atoms with Gasteiger partial charge in [0.15, 0.2) is 6.61 Å². The van der Waals surface area contributed by atoms with E-state index in [0.29, 0.717) is 27.7 Å². The molecule has 0 saturated heterocycles. The normalized spacial score (nSPS) is 10.1. The summed E-state index contributed by atoms with van der Waals surface area (Å²) in [6, 6.07) is 22.6. The average Bonchev–Trinajstić information content (AvgIpc) is 2.67. The molecule has 0 heterocycles. The van der Waals surface area contributed by atoms with E-state index in [1.807, 2.05) is 6.07 Å². The highest BCUT2D eigenvalue weighted by atomic mass is 35.5. The first-order valence-corrected chi connectivity index (χ1v) is 8.62. The van der Waals surface area contributed by atoms with Crippen molar-refractivity contribution in [3.63, 3.8) is 0 Å². The Bertz CT molecular complexity index is 945. The fourth-order valence-corrected chi connectivity index (χ4v) is 2.56. The lowest BCUT2D eigenvalue weighted by Crippen LogP contribution is -2.20. The van der Waals surface area contributed by atoms with Gasteiger partial charge in [0.1, 0.15) is 5.75 Å². The molecule has 2 amide bonds. The number of amides is 2. The van der Waals surface area contributed by atoms with Crippen molar-refractivity contribution in [3.8, 4) is 5.75 Å². The number of ether oxygens (including phenoxy) is 1. The quantitative estimate of drug-likeness (QED) is 0.656. The van der Waals surface area contributed by atoms with Gasteiger partial charge in [-0.25, -0.2) is 0 Å². The molecular weight excluding hydrogens is 364 g/mol. The first kappa shape index (κ1) is 18.5. The fraction of sp³-hybridized carbons (Fsp3) is 0.0476. The minimum absolute atomic E-state index is 0.164. The van der Waals surface area contributed by atoms with Crippen LogP contribution in [0, 0.1) is 0 Å². The fourth-order valence-electron chi connectivity index (χ4n) is 2.37. The summed E-state index contributed by atoms with van der Waals surface area (Å²) in [4.78, 5) is 24.2. The van der Waals surface area contributed by atoms with Gasteiger partial charge in [-0.3, -0.25) is 9.59 Å². The van der Waals surface area contributed by atoms with E-state index < -0.39 is 0 Å². The van der Waals surface area contributed by atoms with Gasteiger partial charge in [-0.05, 0) is 42.5 Å². The summed E-state index contributed by atoms with van der Waals surface area (Å²) in [7, 11) is 0. The summed E-state index contributed by atoms with van der Waals surface area (Å²) in [5.41, 5.74) is 1.74. The van der Waals surface area contributed by atoms with Crippen LogP contribution in [0.25, 0.3) is 0 Å². The topological polar surface area (TPSA) is 67.4 Å². The molecular formula is C21H17ClN2O3. The second-order valence-electron chi connectivity index (χ2n) is 5.70. The number of halogens is 1. The van der Waals surface area contributed by atoms with Gasteiger partial charge in [0.25, 0.3) is 11.8 Å². The van der Waals surface area contributed by atoms with Crippen LogP contribution in [0.4, 0.5) is 11.4 Å². The second kappa shape index (κ2) is 8.87. The molecule has 3 rings (SSSR count). The zero-order valence-corrected chi connectivity index (χ0v) is 15.1. The molecule has 0 bridgehead atoms. The van der Waals surface area contributed by atoms with E-state index in [0.717, 1.165) is 0 Å². The molecule has 2 N–H and O–H groups in total. The van der Waals surface area contributed by atoms with Gasteiger partial charge >= 0.3 is 0 Å². The summed E-state index contributed by atoms with van der Waals surface area (Å²) in [6.45, 7) is -0.164. The minimum Gasteiger partial charge on any atom is -0.484 e. The number of anilines is 2. The van der Waals surface area contributed by atoms with E-state index in [1.165, 1.54) is 0 Å². The highest BCUT2D eigenvalue weighted by Crippen LogP contribution is 2.19. The van der Waals surface area contributed by atoms with Crippen molar-refractivity contribution in [2.45, 2.75) is 0 Å². The molecule has 136 valence electrons. The van der Waals surface area contributed by atoms with Gasteiger partial charge in [0.05, 0.1) is 0 Å². The molecule has 0 aliphatic heterocycles. The molecule has 0 aromatic heterocycles. The SMILES string of the molecule is O=C(COc1cccc(NC(=O)c2ccccc2)c1)Nc1cccc(Cl)c1. The van der Waals surface area contributed by atoms with Crippen molar-refractivity contribution in [1.82, 2.24) is 0 Å². The van der Waals surface area contributed by atoms with Crippen LogP contribution >= 0.6 is 11.6 Å². The van der Waals surface area contributed by atoms with Gasteiger partial charge in [-0.1, -0.05) is 41.9 Å². The second-order valence-corrected chi connectivity index (χ2v) is 6.13. The van der Waals surface area contributed by atoms with Gasteiger partial charge in [0, 0.05) is 28.0 Å². The lowest BCUT2D eigenvalue weighted by atomic mass is 10.2. The van der Waals surface area contributed by atoms with E-state index in [2.05, 4.69) is 10.6 Å². The predicted octanol–water partition coefficient (Wildman–Crippen LogP) is 4.61. The van der Waals surface area contributed by atoms with Gasteiger partial charge in [0.2, 0.25) is 0 Å². The lowest BCUT2D eigenvalue weighted by molar-refractivity contribution is -0.118. The summed E-state index contributed by atoms with van der Waals surface area (Å²) < 4.78 is 5.50. The predicted molar refractivity (Wildman–Crippen MR) is 106 cm³/mol. The van der Waals surface area contributed by atoms with Crippen LogP contribution in [-0.2, 0) is 4.79 Å². The number of carbonyl (C=O) groups excluding carboxylic acids is 2. The number of hydrogen-bond donors (Lipinski definition) is 2. The molecule has 0 aliphatic rings. The Balaban J connectivity index is 1.56. The highest BCUT2D eigenvalue weighted by Gasteiger charge is 2.07. The van der Waals surface area contributed by atoms with Crippen molar-refractivity contribution in [2.24, 2.45) is 0 Å². The monoisotopic (exact) mass is 380 g/mol. The molecule has 0 aliphatic carbocycles. The van der Waals surface area contributed by atoms with E-state index in [1.54, 1.807) is 72.8 Å². The summed E-state index contributed by atoms with van der Waals surface area (Å²) in [5, 5.41) is 6.04. The van der Waals surface area contributed by atoms with Crippen LogP contribution in [0.5, 0.6) is 5.75 Å². The standard InChI is InChI=1S/C21H17ClN2O3/c22-16-8-4-9-17(12-16)23-20(25)14-27-19-11-5-10-18(13-19)24-21(26)15-6-2-1-3-7-15/h1-13H,14H2,(H,23,25)(H,24,26). The molecule has 0 unspecified atom stereocenters. The third-order valence-corrected chi connectivity index (χ3v) is 3.84. The van der Waals surface area contributed by atoms with Crippen molar-refractivity contribution in [1.29, 1.82) is 0 Å². The molecule has 6 heteroatoms. The Morgan fingerprint density at radius 2 is 1.52 bits per heavy atom. The molecule has 0 radical (unpaired) electrons. The van der Waals surface area contributed by atoms with Crippen molar-refractivity contribution in [3.05, 3.63) is 89.4 Å². The number of hydrogen-bond acceptors (Lipinski definition) is 3. The smallest absolute Gasteiger partial charge is 0.262 e.